The van der Waals surface area contributed by atoms with E-state index in [-0.39, 0.29) is 18.8 Å². The van der Waals surface area contributed by atoms with Crippen LogP contribution < -0.4 is 21.7 Å². The maximum atomic E-state index is 12.5. The van der Waals surface area contributed by atoms with Crippen molar-refractivity contribution >= 4 is 29.7 Å². The molecule has 3 amide bonds. The zero-order chi connectivity index (χ0) is 22.9. The highest BCUT2D eigenvalue weighted by molar-refractivity contribution is 5.94. The van der Waals surface area contributed by atoms with Gasteiger partial charge in [0.2, 0.25) is 17.7 Å². The number of aliphatic hydroxyl groups excluding tert-OH is 1. The number of nitrogens with two attached hydrogens (primary N) is 1. The van der Waals surface area contributed by atoms with Gasteiger partial charge < -0.3 is 37.0 Å². The van der Waals surface area contributed by atoms with Crippen LogP contribution in [0.5, 0.6) is 0 Å². The third kappa shape index (κ3) is 9.34. The van der Waals surface area contributed by atoms with Gasteiger partial charge in [-0.05, 0) is 26.2 Å². The van der Waals surface area contributed by atoms with Crippen LogP contribution in [0.3, 0.4) is 0 Å². The van der Waals surface area contributed by atoms with Gasteiger partial charge in [0.25, 0.3) is 0 Å². The van der Waals surface area contributed by atoms with Crippen LogP contribution in [-0.4, -0.2) is 75.3 Å². The molecule has 5 atom stereocenters. The van der Waals surface area contributed by atoms with Crippen molar-refractivity contribution in [2.75, 3.05) is 0 Å². The lowest BCUT2D eigenvalue weighted by molar-refractivity contribution is -0.145. The predicted molar refractivity (Wildman–Crippen MR) is 100 cm³/mol. The topological polar surface area (TPSA) is 208 Å². The molecule has 12 nitrogen and oxygen atoms in total. The third-order valence-electron chi connectivity index (χ3n) is 4.05. The van der Waals surface area contributed by atoms with Gasteiger partial charge in [-0.3, -0.25) is 19.2 Å². The Morgan fingerprint density at radius 3 is 1.76 bits per heavy atom. The number of carboxylic acids is 2. The van der Waals surface area contributed by atoms with E-state index < -0.39 is 59.9 Å². The summed E-state index contributed by atoms with van der Waals surface area (Å²) in [6.45, 7) is 5.80. The highest BCUT2D eigenvalue weighted by atomic mass is 16.4. The second-order valence-electron chi connectivity index (χ2n) is 7.06. The van der Waals surface area contributed by atoms with E-state index in [2.05, 4.69) is 16.0 Å². The first-order chi connectivity index (χ1) is 13.3. The summed E-state index contributed by atoms with van der Waals surface area (Å²) in [4.78, 5) is 58.3. The zero-order valence-corrected chi connectivity index (χ0v) is 16.8. The molecule has 0 rings (SSSR count). The molecule has 0 aromatic heterocycles. The summed E-state index contributed by atoms with van der Waals surface area (Å²) in [5.74, 6) is -5.18. The average Bonchev–Trinajstić information content (AvgIpc) is 2.60. The smallest absolute Gasteiger partial charge is 0.328 e. The molecule has 0 heterocycles. The Balaban J connectivity index is 4.96. The number of hydrogen-bond donors (Lipinski definition) is 7. The minimum Gasteiger partial charge on any atom is -0.481 e. The molecule has 8 N–H and O–H groups in total. The summed E-state index contributed by atoms with van der Waals surface area (Å²) in [6, 6.07) is -4.87. The van der Waals surface area contributed by atoms with Gasteiger partial charge in [0.15, 0.2) is 6.04 Å². The van der Waals surface area contributed by atoms with Crippen molar-refractivity contribution in [2.45, 2.75) is 70.8 Å². The fourth-order valence-electron chi connectivity index (χ4n) is 2.24. The number of carboxylic acid groups (broad SMARTS) is 2. The standard InChI is InChI=1S/C17H30N4O8/c1-7(2)12(20-15(26)10(18)5-6-11(23)24)16(27)19-8(3)14(25)21-13(9(4)22)17(28)29/h7-10,12-13,22H,5-6,18H2,1-4H3,(H,19,27)(H,20,26)(H,21,25)(H,23,24)(H,28,29). The summed E-state index contributed by atoms with van der Waals surface area (Å²) >= 11 is 0. The van der Waals surface area contributed by atoms with Gasteiger partial charge in [0.05, 0.1) is 12.1 Å². The Hall–Kier alpha value is -2.73. The van der Waals surface area contributed by atoms with Crippen molar-refractivity contribution in [2.24, 2.45) is 11.7 Å². The van der Waals surface area contributed by atoms with Crippen LogP contribution in [0.2, 0.25) is 0 Å². The second-order valence-corrected chi connectivity index (χ2v) is 7.06. The van der Waals surface area contributed by atoms with Crippen LogP contribution in [0, 0.1) is 5.92 Å². The first kappa shape index (κ1) is 26.3. The summed E-state index contributed by atoms with van der Waals surface area (Å²) in [5.41, 5.74) is 5.62. The van der Waals surface area contributed by atoms with Gasteiger partial charge in [-0.1, -0.05) is 13.8 Å². The van der Waals surface area contributed by atoms with Crippen molar-refractivity contribution in [1.29, 1.82) is 0 Å². The summed E-state index contributed by atoms with van der Waals surface area (Å²) in [5, 5.41) is 33.9. The zero-order valence-electron chi connectivity index (χ0n) is 16.8. The number of aliphatic carboxylic acids is 2. The van der Waals surface area contributed by atoms with Crippen LogP contribution in [0.4, 0.5) is 0 Å². The first-order valence-electron chi connectivity index (χ1n) is 9.07. The SMILES string of the molecule is CC(NC(=O)C(NC(=O)C(N)CCC(=O)O)C(C)C)C(=O)NC(C(=O)O)C(C)O. The normalized spacial score (nSPS) is 16.1. The number of rotatable bonds is 12. The van der Waals surface area contributed by atoms with E-state index >= 15 is 0 Å². The molecule has 12 heteroatoms. The van der Waals surface area contributed by atoms with Gasteiger partial charge in [0, 0.05) is 6.42 Å². The molecule has 0 aromatic rings. The lowest BCUT2D eigenvalue weighted by atomic mass is 10.0. The van der Waals surface area contributed by atoms with Gasteiger partial charge in [-0.25, -0.2) is 4.79 Å². The lowest BCUT2D eigenvalue weighted by Gasteiger charge is -2.26. The van der Waals surface area contributed by atoms with E-state index in [1.54, 1.807) is 13.8 Å². The summed E-state index contributed by atoms with van der Waals surface area (Å²) in [6.07, 6.45) is -1.77. The Kier molecular flexibility index (Phi) is 10.8. The maximum Gasteiger partial charge on any atom is 0.328 e. The third-order valence-corrected chi connectivity index (χ3v) is 4.05. The van der Waals surface area contributed by atoms with E-state index in [0.717, 1.165) is 0 Å². The number of carbonyl (C=O) groups excluding carboxylic acids is 3. The highest BCUT2D eigenvalue weighted by Gasteiger charge is 2.31. The van der Waals surface area contributed by atoms with Crippen molar-refractivity contribution < 1.29 is 39.3 Å². The lowest BCUT2D eigenvalue weighted by Crippen LogP contribution is -2.58. The van der Waals surface area contributed by atoms with Gasteiger partial charge in [0.1, 0.15) is 12.1 Å². The summed E-state index contributed by atoms with van der Waals surface area (Å²) < 4.78 is 0. The van der Waals surface area contributed by atoms with E-state index in [4.69, 9.17) is 15.9 Å². The van der Waals surface area contributed by atoms with Gasteiger partial charge >= 0.3 is 11.9 Å². The molecule has 0 fully saturated rings. The van der Waals surface area contributed by atoms with Crippen molar-refractivity contribution in [3.05, 3.63) is 0 Å². The minimum absolute atomic E-state index is 0.109. The number of carbonyl (C=O) groups is 5. The minimum atomic E-state index is -1.55. The quantitative estimate of drug-likeness (QED) is 0.183. The molecular formula is C17H30N4O8. The van der Waals surface area contributed by atoms with Crippen LogP contribution in [-0.2, 0) is 24.0 Å². The van der Waals surface area contributed by atoms with Crippen LogP contribution in [0.1, 0.15) is 40.5 Å². The van der Waals surface area contributed by atoms with Crippen LogP contribution in [0.25, 0.3) is 0 Å². The fourth-order valence-corrected chi connectivity index (χ4v) is 2.24. The van der Waals surface area contributed by atoms with E-state index in [9.17, 15) is 29.1 Å². The maximum absolute atomic E-state index is 12.5. The van der Waals surface area contributed by atoms with Gasteiger partial charge in [-0.2, -0.15) is 0 Å². The van der Waals surface area contributed by atoms with Crippen LogP contribution >= 0.6 is 0 Å². The van der Waals surface area contributed by atoms with Crippen molar-refractivity contribution in [1.82, 2.24) is 16.0 Å². The molecule has 0 aliphatic carbocycles. The Labute approximate surface area is 168 Å². The molecule has 0 radical (unpaired) electrons. The Morgan fingerprint density at radius 2 is 1.34 bits per heavy atom. The van der Waals surface area contributed by atoms with E-state index in [1.807, 2.05) is 0 Å². The molecule has 0 aliphatic heterocycles. The average molecular weight is 418 g/mol. The fraction of sp³-hybridized carbons (Fsp3) is 0.706. The van der Waals surface area contributed by atoms with Crippen LogP contribution in [0.15, 0.2) is 0 Å². The molecule has 5 unspecified atom stereocenters. The number of nitrogens with one attached hydrogen (secondary N) is 3. The van der Waals surface area contributed by atoms with Gasteiger partial charge in [-0.15, -0.1) is 0 Å². The predicted octanol–water partition coefficient (Wildman–Crippen LogP) is -2.23. The molecule has 0 saturated carbocycles. The number of hydrogen-bond acceptors (Lipinski definition) is 7. The molecule has 0 bridgehead atoms. The monoisotopic (exact) mass is 418 g/mol. The molecule has 0 saturated heterocycles. The van der Waals surface area contributed by atoms with E-state index in [1.165, 1.54) is 13.8 Å². The number of aliphatic hydroxyl groups is 1. The Morgan fingerprint density at radius 1 is 0.828 bits per heavy atom. The first-order valence-corrected chi connectivity index (χ1v) is 9.07. The molecular weight excluding hydrogens is 388 g/mol. The second kappa shape index (κ2) is 12.0. The molecule has 0 aliphatic rings. The van der Waals surface area contributed by atoms with Crippen molar-refractivity contribution in [3.63, 3.8) is 0 Å². The molecule has 29 heavy (non-hydrogen) atoms. The molecule has 0 spiro atoms. The molecule has 0 aromatic carbocycles. The Bertz CT molecular complexity index is 623. The molecule has 166 valence electrons. The largest absolute Gasteiger partial charge is 0.481 e. The van der Waals surface area contributed by atoms with E-state index in [0.29, 0.717) is 0 Å². The number of amides is 3. The van der Waals surface area contributed by atoms with Crippen molar-refractivity contribution in [3.8, 4) is 0 Å². The highest BCUT2D eigenvalue weighted by Crippen LogP contribution is 2.05. The summed E-state index contributed by atoms with van der Waals surface area (Å²) in [7, 11) is 0.